The Labute approximate surface area is 248 Å². The second-order valence-electron chi connectivity index (χ2n) is 11.8. The molecule has 1 aliphatic rings. The lowest BCUT2D eigenvalue weighted by molar-refractivity contribution is 0.104. The standard InChI is InChI=1S/C36H29N3O4/c1-19-10-9-15-26(40)31(19)37-25-18-28(43-36(2,3)4)33-30-29(25)34(42)23-14-8-7-13-22(23)32(30)38-35(39-33)24-16-20-11-5-6-12-21(20)17-27(24)41/h5-18,37,40-41H,1-4H3. The number of aromatic nitrogens is 2. The van der Waals surface area contributed by atoms with Crippen molar-refractivity contribution in [3.05, 3.63) is 102 Å². The highest BCUT2D eigenvalue weighted by molar-refractivity contribution is 6.28. The van der Waals surface area contributed by atoms with Crippen LogP contribution in [-0.4, -0.2) is 31.6 Å². The highest BCUT2D eigenvalue weighted by atomic mass is 16.5. The molecule has 0 saturated heterocycles. The molecule has 1 aliphatic carbocycles. The Hall–Kier alpha value is -5.43. The van der Waals surface area contributed by atoms with Crippen LogP contribution < -0.4 is 10.1 Å². The molecule has 43 heavy (non-hydrogen) atoms. The van der Waals surface area contributed by atoms with Gasteiger partial charge in [0.05, 0.1) is 28.2 Å². The van der Waals surface area contributed by atoms with Crippen molar-refractivity contribution in [2.75, 3.05) is 5.32 Å². The molecule has 0 bridgehead atoms. The van der Waals surface area contributed by atoms with Gasteiger partial charge < -0.3 is 20.3 Å². The number of anilines is 2. The summed E-state index contributed by atoms with van der Waals surface area (Å²) in [6, 6.07) is 25.7. The number of ketones is 1. The maximum atomic E-state index is 14.2. The van der Waals surface area contributed by atoms with Gasteiger partial charge in [-0.15, -0.1) is 0 Å². The molecule has 0 radical (unpaired) electrons. The number of hydrogen-bond acceptors (Lipinski definition) is 7. The SMILES string of the molecule is Cc1cccc(O)c1Nc1cc(OC(C)(C)C)c2nc(-c3cc4ccccc4cc3O)nc3c2c1C(=O)c1ccccc1-3. The molecule has 7 nitrogen and oxygen atoms in total. The lowest BCUT2D eigenvalue weighted by Gasteiger charge is -2.27. The van der Waals surface area contributed by atoms with E-state index in [-0.39, 0.29) is 17.3 Å². The summed E-state index contributed by atoms with van der Waals surface area (Å²) in [6.45, 7) is 7.71. The summed E-state index contributed by atoms with van der Waals surface area (Å²) in [7, 11) is 0. The highest BCUT2D eigenvalue weighted by Gasteiger charge is 2.33. The van der Waals surface area contributed by atoms with Crippen molar-refractivity contribution in [3.63, 3.8) is 0 Å². The second-order valence-corrected chi connectivity index (χ2v) is 11.8. The molecule has 3 N–H and O–H groups in total. The van der Waals surface area contributed by atoms with Crippen molar-refractivity contribution in [2.24, 2.45) is 0 Å². The van der Waals surface area contributed by atoms with Crippen LogP contribution in [0.25, 0.3) is 44.3 Å². The van der Waals surface area contributed by atoms with E-state index < -0.39 is 5.60 Å². The maximum Gasteiger partial charge on any atom is 0.196 e. The quantitative estimate of drug-likeness (QED) is 0.184. The number of carbonyl (C=O) groups is 1. The Morgan fingerprint density at radius 1 is 0.767 bits per heavy atom. The van der Waals surface area contributed by atoms with Crippen LogP contribution in [0.15, 0.2) is 84.9 Å². The third-order valence-electron chi connectivity index (χ3n) is 7.62. The number of nitrogens with zero attached hydrogens (tertiary/aromatic N) is 2. The smallest absolute Gasteiger partial charge is 0.196 e. The minimum Gasteiger partial charge on any atom is -0.507 e. The molecular weight excluding hydrogens is 538 g/mol. The second kappa shape index (κ2) is 9.56. The number of rotatable bonds is 4. The third kappa shape index (κ3) is 4.41. The molecule has 5 aromatic carbocycles. The average Bonchev–Trinajstić information content (AvgIpc) is 2.97. The van der Waals surface area contributed by atoms with E-state index in [2.05, 4.69) is 5.32 Å². The first-order valence-electron chi connectivity index (χ1n) is 14.1. The molecule has 0 amide bonds. The molecular formula is C36H29N3O4. The number of phenols is 2. The fourth-order valence-electron chi connectivity index (χ4n) is 5.72. The summed E-state index contributed by atoms with van der Waals surface area (Å²) < 4.78 is 6.48. The molecule has 0 spiro atoms. The first-order valence-corrected chi connectivity index (χ1v) is 14.1. The van der Waals surface area contributed by atoms with Crippen molar-refractivity contribution in [3.8, 4) is 39.9 Å². The predicted molar refractivity (Wildman–Crippen MR) is 170 cm³/mol. The number of ether oxygens (including phenoxy) is 1. The molecule has 7 rings (SSSR count). The molecule has 0 fully saturated rings. The number of phenolic OH excluding ortho intramolecular Hbond substituents is 2. The van der Waals surface area contributed by atoms with Gasteiger partial charge in [0.2, 0.25) is 0 Å². The van der Waals surface area contributed by atoms with Crippen molar-refractivity contribution < 1.29 is 19.7 Å². The Morgan fingerprint density at radius 3 is 2.19 bits per heavy atom. The Kier molecular flexibility index (Phi) is 5.88. The molecule has 0 saturated carbocycles. The van der Waals surface area contributed by atoms with Gasteiger partial charge in [0.1, 0.15) is 28.4 Å². The number of fused-ring (bicyclic) bond motifs is 3. The lowest BCUT2D eigenvalue weighted by atomic mass is 9.85. The summed E-state index contributed by atoms with van der Waals surface area (Å²) in [6.07, 6.45) is 0. The first kappa shape index (κ1) is 26.5. The number of aromatic hydroxyl groups is 2. The van der Waals surface area contributed by atoms with E-state index >= 15 is 0 Å². The number of nitrogens with one attached hydrogen (secondary N) is 1. The van der Waals surface area contributed by atoms with Crippen molar-refractivity contribution in [1.82, 2.24) is 9.97 Å². The molecule has 0 unspecified atom stereocenters. The average molecular weight is 568 g/mol. The van der Waals surface area contributed by atoms with E-state index in [9.17, 15) is 15.0 Å². The number of benzene rings is 5. The molecule has 212 valence electrons. The Bertz CT molecular complexity index is 2110. The summed E-state index contributed by atoms with van der Waals surface area (Å²) in [5.74, 6) is 0.692. The van der Waals surface area contributed by atoms with Gasteiger partial charge in [-0.25, -0.2) is 9.97 Å². The van der Waals surface area contributed by atoms with Gasteiger partial charge in [0.15, 0.2) is 11.6 Å². The van der Waals surface area contributed by atoms with Gasteiger partial charge in [-0.3, -0.25) is 4.79 Å². The van der Waals surface area contributed by atoms with Crippen LogP contribution >= 0.6 is 0 Å². The zero-order valence-electron chi connectivity index (χ0n) is 24.2. The number of para-hydroxylation sites is 1. The van der Waals surface area contributed by atoms with Crippen LogP contribution in [0.1, 0.15) is 42.3 Å². The summed E-state index contributed by atoms with van der Waals surface area (Å²) in [4.78, 5) is 24.2. The molecule has 6 aromatic rings. The van der Waals surface area contributed by atoms with E-state index in [1.54, 1.807) is 30.3 Å². The van der Waals surface area contributed by atoms with Gasteiger partial charge in [0.25, 0.3) is 0 Å². The van der Waals surface area contributed by atoms with Gasteiger partial charge in [0, 0.05) is 22.6 Å². The largest absolute Gasteiger partial charge is 0.507 e. The van der Waals surface area contributed by atoms with E-state index in [0.717, 1.165) is 16.3 Å². The predicted octanol–water partition coefficient (Wildman–Crippen LogP) is 8.30. The van der Waals surface area contributed by atoms with Crippen molar-refractivity contribution >= 4 is 38.8 Å². The first-order chi connectivity index (χ1) is 20.6. The maximum absolute atomic E-state index is 14.2. The molecule has 0 aliphatic heterocycles. The monoisotopic (exact) mass is 567 g/mol. The fourth-order valence-corrected chi connectivity index (χ4v) is 5.72. The normalized spacial score (nSPS) is 12.4. The molecule has 1 heterocycles. The Balaban J connectivity index is 1.58. The zero-order valence-corrected chi connectivity index (χ0v) is 24.2. The lowest BCUT2D eigenvalue weighted by Crippen LogP contribution is -2.24. The molecule has 1 aromatic heterocycles. The number of aryl methyl sites for hydroxylation is 1. The highest BCUT2D eigenvalue weighted by Crippen LogP contribution is 2.47. The van der Waals surface area contributed by atoms with Crippen LogP contribution in [0, 0.1) is 6.92 Å². The Morgan fingerprint density at radius 2 is 1.47 bits per heavy atom. The van der Waals surface area contributed by atoms with Gasteiger partial charge in [-0.2, -0.15) is 0 Å². The zero-order chi connectivity index (χ0) is 30.0. The third-order valence-corrected chi connectivity index (χ3v) is 7.62. The minimum atomic E-state index is -0.598. The van der Waals surface area contributed by atoms with Crippen LogP contribution in [0.3, 0.4) is 0 Å². The van der Waals surface area contributed by atoms with Crippen molar-refractivity contribution in [2.45, 2.75) is 33.3 Å². The fraction of sp³-hybridized carbons (Fsp3) is 0.139. The van der Waals surface area contributed by atoms with Crippen LogP contribution in [0.5, 0.6) is 17.2 Å². The number of carbonyl (C=O) groups excluding carboxylic acids is 1. The summed E-state index contributed by atoms with van der Waals surface area (Å²) in [5, 5.41) is 27.5. The minimum absolute atomic E-state index is 0.0530. The topological polar surface area (TPSA) is 105 Å². The summed E-state index contributed by atoms with van der Waals surface area (Å²) in [5.41, 5.74) is 4.24. The van der Waals surface area contributed by atoms with E-state index in [1.807, 2.05) is 82.3 Å². The van der Waals surface area contributed by atoms with Crippen LogP contribution in [0.4, 0.5) is 11.4 Å². The van der Waals surface area contributed by atoms with E-state index in [0.29, 0.717) is 61.8 Å². The van der Waals surface area contributed by atoms with Crippen molar-refractivity contribution in [1.29, 1.82) is 0 Å². The van der Waals surface area contributed by atoms with E-state index in [1.165, 1.54) is 0 Å². The van der Waals surface area contributed by atoms with E-state index in [4.69, 9.17) is 14.7 Å². The van der Waals surface area contributed by atoms with Gasteiger partial charge in [-0.05, 0) is 62.2 Å². The van der Waals surface area contributed by atoms with Crippen LogP contribution in [0.2, 0.25) is 0 Å². The molecule has 7 heteroatoms. The van der Waals surface area contributed by atoms with Crippen LogP contribution in [-0.2, 0) is 0 Å². The summed E-state index contributed by atoms with van der Waals surface area (Å²) >= 11 is 0. The van der Waals surface area contributed by atoms with Gasteiger partial charge >= 0.3 is 0 Å². The molecule has 0 atom stereocenters. The van der Waals surface area contributed by atoms with Gasteiger partial charge in [-0.1, -0.05) is 60.7 Å². The number of hydrogen-bond donors (Lipinski definition) is 3.